The number of fused-ring (bicyclic) bond motifs is 1. The maximum absolute atomic E-state index is 12.8. The molecule has 4 nitrogen and oxygen atoms in total. The molecule has 1 amide bonds. The molecule has 108 valence electrons. The first-order chi connectivity index (χ1) is 9.54. The van der Waals surface area contributed by atoms with Crippen molar-refractivity contribution in [2.24, 2.45) is 11.8 Å². The van der Waals surface area contributed by atoms with Gasteiger partial charge in [-0.3, -0.25) is 4.79 Å². The molecule has 0 aliphatic carbocycles. The molecule has 2 fully saturated rings. The minimum absolute atomic E-state index is 0.0782. The van der Waals surface area contributed by atoms with Crippen LogP contribution in [0.2, 0.25) is 0 Å². The number of rotatable bonds is 2. The number of amides is 1. The van der Waals surface area contributed by atoms with Gasteiger partial charge in [0, 0.05) is 30.7 Å². The van der Waals surface area contributed by atoms with Gasteiger partial charge in [0.2, 0.25) is 0 Å². The number of hydrogen-bond donors (Lipinski definition) is 1. The van der Waals surface area contributed by atoms with E-state index in [-0.39, 0.29) is 11.4 Å². The van der Waals surface area contributed by atoms with Crippen LogP contribution >= 0.6 is 0 Å². The summed E-state index contributed by atoms with van der Waals surface area (Å²) in [6.45, 7) is 7.28. The van der Waals surface area contributed by atoms with Gasteiger partial charge in [-0.1, -0.05) is 0 Å². The number of nitrogens with zero attached hydrogens (tertiary/aromatic N) is 1. The first kappa shape index (κ1) is 13.4. The summed E-state index contributed by atoms with van der Waals surface area (Å²) in [6, 6.07) is 7.39. The summed E-state index contributed by atoms with van der Waals surface area (Å²) >= 11 is 0. The molecule has 1 N–H and O–H groups in total. The number of likely N-dealkylation sites (tertiary alicyclic amines) is 1. The van der Waals surface area contributed by atoms with Crippen molar-refractivity contribution < 1.29 is 9.53 Å². The normalized spacial score (nSPS) is 27.4. The van der Waals surface area contributed by atoms with Crippen LogP contribution in [-0.2, 0) is 0 Å². The van der Waals surface area contributed by atoms with Crippen molar-refractivity contribution in [2.75, 3.05) is 26.7 Å². The van der Waals surface area contributed by atoms with Crippen LogP contribution in [0.4, 0.5) is 0 Å². The molecule has 0 aromatic heterocycles. The van der Waals surface area contributed by atoms with Crippen molar-refractivity contribution in [3.63, 3.8) is 0 Å². The van der Waals surface area contributed by atoms with E-state index in [1.807, 2.05) is 29.2 Å². The second kappa shape index (κ2) is 4.77. The molecular weight excluding hydrogens is 252 g/mol. The number of ether oxygens (including phenoxy) is 1. The van der Waals surface area contributed by atoms with Gasteiger partial charge in [-0.15, -0.1) is 0 Å². The van der Waals surface area contributed by atoms with Gasteiger partial charge in [-0.25, -0.2) is 0 Å². The summed E-state index contributed by atoms with van der Waals surface area (Å²) in [6.07, 6.45) is 0. The van der Waals surface area contributed by atoms with E-state index in [0.717, 1.165) is 30.9 Å². The molecule has 2 aliphatic rings. The van der Waals surface area contributed by atoms with Gasteiger partial charge >= 0.3 is 0 Å². The van der Waals surface area contributed by atoms with E-state index in [4.69, 9.17) is 4.74 Å². The van der Waals surface area contributed by atoms with Crippen LogP contribution in [0, 0.1) is 11.8 Å². The minimum atomic E-state index is -0.0782. The Kier molecular flexibility index (Phi) is 3.21. The summed E-state index contributed by atoms with van der Waals surface area (Å²) < 4.78 is 5.14. The van der Waals surface area contributed by atoms with Gasteiger partial charge in [0.1, 0.15) is 5.75 Å². The third-order valence-electron chi connectivity index (χ3n) is 4.94. The number of carbonyl (C=O) groups is 1. The molecule has 0 bridgehead atoms. The standard InChI is InChI=1S/C16H22N2O2/c1-16(2)14-9-17-8-12(14)10-18(16)15(19)11-4-6-13(20-3)7-5-11/h4-7,12,14,17H,8-10H2,1-3H3. The Hall–Kier alpha value is -1.55. The van der Waals surface area contributed by atoms with Crippen molar-refractivity contribution in [2.45, 2.75) is 19.4 Å². The fourth-order valence-corrected chi connectivity index (χ4v) is 3.66. The molecular formula is C16H22N2O2. The van der Waals surface area contributed by atoms with Crippen LogP contribution < -0.4 is 10.1 Å². The molecule has 2 saturated heterocycles. The van der Waals surface area contributed by atoms with Gasteiger partial charge in [0.25, 0.3) is 5.91 Å². The maximum Gasteiger partial charge on any atom is 0.254 e. The minimum Gasteiger partial charge on any atom is -0.497 e. The predicted octanol–water partition coefficient (Wildman–Crippen LogP) is 1.77. The molecule has 20 heavy (non-hydrogen) atoms. The van der Waals surface area contributed by atoms with E-state index < -0.39 is 0 Å². The molecule has 2 aliphatic heterocycles. The molecule has 4 heteroatoms. The summed E-state index contributed by atoms with van der Waals surface area (Å²) in [5.41, 5.74) is 0.664. The highest BCUT2D eigenvalue weighted by Gasteiger charge is 2.51. The van der Waals surface area contributed by atoms with Crippen LogP contribution in [0.1, 0.15) is 24.2 Å². The molecule has 3 rings (SSSR count). The summed E-state index contributed by atoms with van der Waals surface area (Å²) in [4.78, 5) is 14.8. The predicted molar refractivity (Wildman–Crippen MR) is 78.0 cm³/mol. The molecule has 2 heterocycles. The monoisotopic (exact) mass is 274 g/mol. The first-order valence-corrected chi connectivity index (χ1v) is 7.21. The quantitative estimate of drug-likeness (QED) is 0.893. The number of benzene rings is 1. The highest BCUT2D eigenvalue weighted by Crippen LogP contribution is 2.41. The van der Waals surface area contributed by atoms with Crippen LogP contribution in [0.15, 0.2) is 24.3 Å². The molecule has 0 radical (unpaired) electrons. The lowest BCUT2D eigenvalue weighted by molar-refractivity contribution is 0.0603. The second-order valence-corrected chi connectivity index (χ2v) is 6.32. The van der Waals surface area contributed by atoms with E-state index in [1.54, 1.807) is 7.11 Å². The Morgan fingerprint density at radius 3 is 2.60 bits per heavy atom. The van der Waals surface area contributed by atoms with Crippen LogP contribution in [0.3, 0.4) is 0 Å². The Morgan fingerprint density at radius 2 is 2.00 bits per heavy atom. The van der Waals surface area contributed by atoms with E-state index in [0.29, 0.717) is 11.8 Å². The molecule has 0 spiro atoms. The van der Waals surface area contributed by atoms with Gasteiger partial charge in [0.05, 0.1) is 7.11 Å². The molecule has 1 aromatic rings. The lowest BCUT2D eigenvalue weighted by Gasteiger charge is -2.35. The zero-order chi connectivity index (χ0) is 14.3. The summed E-state index contributed by atoms with van der Waals surface area (Å²) in [5, 5.41) is 3.44. The van der Waals surface area contributed by atoms with Crippen LogP contribution in [0.5, 0.6) is 5.75 Å². The van der Waals surface area contributed by atoms with E-state index in [1.165, 1.54) is 0 Å². The van der Waals surface area contributed by atoms with Gasteiger partial charge in [-0.05, 0) is 49.9 Å². The number of hydrogen-bond acceptors (Lipinski definition) is 3. The third kappa shape index (κ3) is 1.99. The second-order valence-electron chi connectivity index (χ2n) is 6.32. The average molecular weight is 274 g/mol. The molecule has 1 aromatic carbocycles. The van der Waals surface area contributed by atoms with Crippen molar-refractivity contribution in [1.82, 2.24) is 10.2 Å². The zero-order valence-corrected chi connectivity index (χ0v) is 12.3. The molecule has 0 saturated carbocycles. The molecule has 2 atom stereocenters. The Labute approximate surface area is 120 Å². The van der Waals surface area contributed by atoms with Crippen LogP contribution in [0.25, 0.3) is 0 Å². The van der Waals surface area contributed by atoms with E-state index >= 15 is 0 Å². The smallest absolute Gasteiger partial charge is 0.254 e. The molecule has 2 unspecified atom stereocenters. The van der Waals surface area contributed by atoms with Gasteiger partial charge < -0.3 is 15.0 Å². The van der Waals surface area contributed by atoms with Crippen molar-refractivity contribution in [3.8, 4) is 5.75 Å². The lowest BCUT2D eigenvalue weighted by atomic mass is 9.84. The number of methoxy groups -OCH3 is 1. The number of nitrogens with one attached hydrogen (secondary N) is 1. The van der Waals surface area contributed by atoms with Crippen molar-refractivity contribution >= 4 is 5.91 Å². The topological polar surface area (TPSA) is 41.6 Å². The highest BCUT2D eigenvalue weighted by atomic mass is 16.5. The van der Waals surface area contributed by atoms with Gasteiger partial charge in [0.15, 0.2) is 0 Å². The SMILES string of the molecule is COc1ccc(C(=O)N2CC3CNCC3C2(C)C)cc1. The van der Waals surface area contributed by atoms with E-state index in [9.17, 15) is 4.79 Å². The Balaban J connectivity index is 1.83. The largest absolute Gasteiger partial charge is 0.497 e. The summed E-state index contributed by atoms with van der Waals surface area (Å²) in [5.74, 6) is 2.06. The van der Waals surface area contributed by atoms with E-state index in [2.05, 4.69) is 19.2 Å². The highest BCUT2D eigenvalue weighted by molar-refractivity contribution is 5.95. The Bertz CT molecular complexity index is 510. The summed E-state index contributed by atoms with van der Waals surface area (Å²) in [7, 11) is 1.63. The fraction of sp³-hybridized carbons (Fsp3) is 0.562. The van der Waals surface area contributed by atoms with Crippen molar-refractivity contribution in [1.29, 1.82) is 0 Å². The van der Waals surface area contributed by atoms with Crippen molar-refractivity contribution in [3.05, 3.63) is 29.8 Å². The first-order valence-electron chi connectivity index (χ1n) is 7.21. The number of carbonyl (C=O) groups excluding carboxylic acids is 1. The van der Waals surface area contributed by atoms with Gasteiger partial charge in [-0.2, -0.15) is 0 Å². The third-order valence-corrected chi connectivity index (χ3v) is 4.94. The maximum atomic E-state index is 12.8. The van der Waals surface area contributed by atoms with Crippen LogP contribution in [-0.4, -0.2) is 43.1 Å². The fourth-order valence-electron chi connectivity index (χ4n) is 3.66. The lowest BCUT2D eigenvalue weighted by Crippen LogP contribution is -2.47. The average Bonchev–Trinajstić information content (AvgIpc) is 3.01. The zero-order valence-electron chi connectivity index (χ0n) is 12.3. The Morgan fingerprint density at radius 1 is 1.30 bits per heavy atom.